The van der Waals surface area contributed by atoms with E-state index in [0.29, 0.717) is 0 Å². The average Bonchev–Trinajstić information content (AvgIpc) is 0.811. The SMILES string of the molecule is O=[N+]([O-])[O-].[Cl-].[Y+3].[Y+3]. The van der Waals surface area contributed by atoms with Crippen molar-refractivity contribution in [2.45, 2.75) is 0 Å². The van der Waals surface area contributed by atoms with Gasteiger partial charge >= 0.3 is 65.4 Å². The van der Waals surface area contributed by atoms with Crippen LogP contribution in [0.3, 0.4) is 0 Å². The van der Waals surface area contributed by atoms with Crippen molar-refractivity contribution < 1.29 is 82.9 Å². The molecule has 0 saturated heterocycles. The van der Waals surface area contributed by atoms with E-state index in [1.54, 1.807) is 0 Å². The van der Waals surface area contributed by atoms with Gasteiger partial charge in [0.05, 0.1) is 5.09 Å². The molecule has 7 heteroatoms. The van der Waals surface area contributed by atoms with Gasteiger partial charge in [-0.05, 0) is 0 Å². The zero-order valence-electron chi connectivity index (χ0n) is 3.20. The largest absolute Gasteiger partial charge is 3.00 e. The summed E-state index contributed by atoms with van der Waals surface area (Å²) >= 11 is 0. The van der Waals surface area contributed by atoms with Crippen LogP contribution in [-0.2, 0) is 65.4 Å². The van der Waals surface area contributed by atoms with Crippen molar-refractivity contribution in [3.8, 4) is 0 Å². The number of nitrogens with zero attached hydrogens (tertiary/aromatic N) is 1. The van der Waals surface area contributed by atoms with Crippen LogP contribution in [0.4, 0.5) is 0 Å². The van der Waals surface area contributed by atoms with E-state index >= 15 is 0 Å². The van der Waals surface area contributed by atoms with E-state index in [-0.39, 0.29) is 77.8 Å². The predicted molar refractivity (Wildman–Crippen MR) is 10.4 cm³/mol. The molecule has 32 valence electrons. The molecule has 0 fully saturated rings. The summed E-state index contributed by atoms with van der Waals surface area (Å²) in [6.07, 6.45) is 0. The third-order valence-electron chi connectivity index (χ3n) is 0. The minimum atomic E-state index is -1.75. The Bertz CT molecular complexity index is 35.9. The third kappa shape index (κ3) is 86.7. The fraction of sp³-hybridized carbons (Fsp3) is 0. The first-order valence-electron chi connectivity index (χ1n) is 0.548. The normalized spacial score (nSPS) is 3.43. The van der Waals surface area contributed by atoms with Crippen LogP contribution in [0.25, 0.3) is 0 Å². The van der Waals surface area contributed by atoms with Crippen LogP contribution in [0.1, 0.15) is 0 Å². The molecule has 0 radical (unpaired) electrons. The van der Waals surface area contributed by atoms with Crippen molar-refractivity contribution in [2.75, 3.05) is 0 Å². The zero-order chi connectivity index (χ0) is 3.58. The van der Waals surface area contributed by atoms with Crippen molar-refractivity contribution in [1.29, 1.82) is 0 Å². The van der Waals surface area contributed by atoms with Gasteiger partial charge in [0, 0.05) is 0 Å². The van der Waals surface area contributed by atoms with Gasteiger partial charge in [0.15, 0.2) is 0 Å². The van der Waals surface area contributed by atoms with Crippen molar-refractivity contribution in [3.05, 3.63) is 15.3 Å². The second-order valence-electron chi connectivity index (χ2n) is 0.224. The van der Waals surface area contributed by atoms with Gasteiger partial charge in [-0.15, -0.1) is 0 Å². The van der Waals surface area contributed by atoms with Crippen molar-refractivity contribution in [2.24, 2.45) is 0 Å². The Morgan fingerprint density at radius 2 is 1.14 bits per heavy atom. The Hall–Kier alpha value is 1.70. The van der Waals surface area contributed by atoms with Gasteiger partial charge in [0.1, 0.15) is 0 Å². The molecule has 0 aliphatic heterocycles. The van der Waals surface area contributed by atoms with E-state index < -0.39 is 5.09 Å². The Kier molecular flexibility index (Phi) is 52.2. The summed E-state index contributed by atoms with van der Waals surface area (Å²) in [6, 6.07) is 0. The van der Waals surface area contributed by atoms with Gasteiger partial charge in [-0.25, -0.2) is 0 Å². The fourth-order valence-corrected chi connectivity index (χ4v) is 0. The molecule has 0 heterocycles. The molecule has 0 N–H and O–H groups in total. The molecule has 0 unspecified atom stereocenters. The van der Waals surface area contributed by atoms with E-state index in [9.17, 15) is 0 Å². The monoisotopic (exact) mass is 275 g/mol. The Balaban J connectivity index is -0.0000000150. The maximum Gasteiger partial charge on any atom is 3.00 e. The molecule has 0 spiro atoms. The van der Waals surface area contributed by atoms with Crippen LogP contribution < -0.4 is 12.4 Å². The van der Waals surface area contributed by atoms with Crippen molar-refractivity contribution in [3.63, 3.8) is 0 Å². The molecule has 7 heavy (non-hydrogen) atoms. The summed E-state index contributed by atoms with van der Waals surface area (Å²) in [6.45, 7) is 0. The van der Waals surface area contributed by atoms with E-state index in [0.717, 1.165) is 0 Å². The summed E-state index contributed by atoms with van der Waals surface area (Å²) in [5, 5.41) is 14.8. The summed E-state index contributed by atoms with van der Waals surface area (Å²) in [4.78, 5) is 8.25. The number of hydrogen-bond acceptors (Lipinski definition) is 3. The van der Waals surface area contributed by atoms with E-state index in [2.05, 4.69) is 0 Å². The van der Waals surface area contributed by atoms with Gasteiger partial charge in [0.25, 0.3) is 0 Å². The molecule has 0 aliphatic carbocycles. The quantitative estimate of drug-likeness (QED) is 0.345. The van der Waals surface area contributed by atoms with Crippen LogP contribution in [0.15, 0.2) is 0 Å². The molecule has 0 atom stereocenters. The van der Waals surface area contributed by atoms with E-state index in [1.165, 1.54) is 0 Å². The molecule has 0 saturated carbocycles. The average molecular weight is 275 g/mol. The Morgan fingerprint density at radius 3 is 1.14 bits per heavy atom. The minimum Gasteiger partial charge on any atom is -1.00 e. The molecule has 0 bridgehead atoms. The van der Waals surface area contributed by atoms with Crippen LogP contribution in [0.2, 0.25) is 0 Å². The second-order valence-corrected chi connectivity index (χ2v) is 0.224. The molecule has 0 aromatic rings. The zero-order valence-corrected chi connectivity index (χ0v) is 9.64. The van der Waals surface area contributed by atoms with Crippen LogP contribution in [0, 0.1) is 15.3 Å². The van der Waals surface area contributed by atoms with E-state index in [4.69, 9.17) is 15.3 Å². The first kappa shape index (κ1) is 23.4. The number of hydrogen-bond donors (Lipinski definition) is 0. The molecule has 0 amide bonds. The Labute approximate surface area is 96.7 Å². The predicted octanol–water partition coefficient (Wildman–Crippen LogP) is -3.24. The summed E-state index contributed by atoms with van der Waals surface area (Å²) < 4.78 is 0. The molecule has 0 aromatic carbocycles. The van der Waals surface area contributed by atoms with Crippen LogP contribution in [0.5, 0.6) is 0 Å². The van der Waals surface area contributed by atoms with Gasteiger partial charge in [-0.2, -0.15) is 0 Å². The number of rotatable bonds is 0. The smallest absolute Gasteiger partial charge is 1.00 e. The first-order chi connectivity index (χ1) is 1.73. The minimum absolute atomic E-state index is 0. The van der Waals surface area contributed by atoms with E-state index in [1.807, 2.05) is 0 Å². The van der Waals surface area contributed by atoms with Gasteiger partial charge in [0.2, 0.25) is 0 Å². The summed E-state index contributed by atoms with van der Waals surface area (Å²) in [5.74, 6) is 0. The molecule has 0 aliphatic rings. The van der Waals surface area contributed by atoms with Gasteiger partial charge < -0.3 is 27.7 Å². The second kappa shape index (κ2) is 15.6. The van der Waals surface area contributed by atoms with Crippen LogP contribution in [-0.4, -0.2) is 5.09 Å². The molecular formula is ClNO3Y2+4. The first-order valence-corrected chi connectivity index (χ1v) is 0.548. The topological polar surface area (TPSA) is 66.2 Å². The molecule has 4 nitrogen and oxygen atoms in total. The van der Waals surface area contributed by atoms with Crippen molar-refractivity contribution >= 4 is 0 Å². The maximum absolute atomic E-state index is 8.25. The Morgan fingerprint density at radius 1 is 1.14 bits per heavy atom. The number of halogens is 1. The van der Waals surface area contributed by atoms with Crippen molar-refractivity contribution in [1.82, 2.24) is 0 Å². The fourth-order valence-electron chi connectivity index (χ4n) is 0. The molecule has 0 rings (SSSR count). The summed E-state index contributed by atoms with van der Waals surface area (Å²) in [5.41, 5.74) is 0. The standard InChI is InChI=1S/ClH.NO3.2Y/c;2-1(3)4;;/h1H;;;/q;-1;2*+3/p-1. The maximum atomic E-state index is 8.25. The third-order valence-corrected chi connectivity index (χ3v) is 0. The summed E-state index contributed by atoms with van der Waals surface area (Å²) in [7, 11) is 0. The van der Waals surface area contributed by atoms with Gasteiger partial charge in [-0.3, -0.25) is 0 Å². The molecule has 0 aromatic heterocycles. The molecular weight excluding hydrogens is 275 g/mol. The van der Waals surface area contributed by atoms with Gasteiger partial charge in [-0.1, -0.05) is 0 Å². The van der Waals surface area contributed by atoms with Crippen LogP contribution >= 0.6 is 0 Å².